The lowest BCUT2D eigenvalue weighted by Crippen LogP contribution is -2.29. The maximum absolute atomic E-state index is 13.7. The highest BCUT2D eigenvalue weighted by molar-refractivity contribution is 7.98. The second-order valence-corrected chi connectivity index (χ2v) is 6.88. The molecule has 19 heavy (non-hydrogen) atoms. The molecule has 0 bridgehead atoms. The Bertz CT molecular complexity index is 526. The van der Waals surface area contributed by atoms with Crippen molar-refractivity contribution in [3.8, 4) is 5.75 Å². The van der Waals surface area contributed by atoms with Gasteiger partial charge in [0, 0.05) is 19.3 Å². The van der Waals surface area contributed by atoms with Crippen molar-refractivity contribution in [2.75, 3.05) is 38.4 Å². The number of hydrogen-bond donors (Lipinski definition) is 1. The zero-order valence-corrected chi connectivity index (χ0v) is 12.6. The van der Waals surface area contributed by atoms with Gasteiger partial charge in [0.25, 0.3) is 0 Å². The van der Waals surface area contributed by atoms with E-state index in [1.54, 1.807) is 0 Å². The average Bonchev–Trinajstić information content (AvgIpc) is 2.35. The summed E-state index contributed by atoms with van der Waals surface area (Å²) in [6.45, 7) is 0.344. The fourth-order valence-corrected chi connectivity index (χ4v) is 3.26. The monoisotopic (exact) mass is 308 g/mol. The number of nitrogens with two attached hydrogens (primary N) is 1. The number of rotatable bonds is 6. The Balaban J connectivity index is 3.15. The zero-order valence-electron chi connectivity index (χ0n) is 11.0. The molecule has 1 rings (SSSR count). The van der Waals surface area contributed by atoms with Crippen LogP contribution in [0.5, 0.6) is 5.75 Å². The van der Waals surface area contributed by atoms with Crippen molar-refractivity contribution in [2.45, 2.75) is 4.90 Å². The fraction of sp³-hybridized carbons (Fsp3) is 0.455. The number of sulfonamides is 1. The predicted octanol–water partition coefficient (Wildman–Crippen LogP) is 1.40. The smallest absolute Gasteiger partial charge is 0.243 e. The molecule has 0 amide bonds. The molecule has 0 aliphatic heterocycles. The predicted molar refractivity (Wildman–Crippen MR) is 75.6 cm³/mol. The van der Waals surface area contributed by atoms with E-state index < -0.39 is 15.8 Å². The van der Waals surface area contributed by atoms with Gasteiger partial charge in [-0.1, -0.05) is 0 Å². The summed E-state index contributed by atoms with van der Waals surface area (Å²) in [6.07, 6.45) is 1.88. The molecule has 0 fully saturated rings. The first-order chi connectivity index (χ1) is 8.84. The molecule has 0 spiro atoms. The second kappa shape index (κ2) is 6.44. The minimum Gasteiger partial charge on any atom is -0.492 e. The Hall–Kier alpha value is -0.990. The average molecular weight is 308 g/mol. The molecule has 0 saturated carbocycles. The zero-order chi connectivity index (χ0) is 14.6. The van der Waals surface area contributed by atoms with E-state index in [1.807, 2.05) is 6.26 Å². The van der Waals surface area contributed by atoms with Crippen LogP contribution in [0.2, 0.25) is 0 Å². The lowest BCUT2D eigenvalue weighted by Gasteiger charge is -2.17. The first-order valence-electron chi connectivity index (χ1n) is 5.43. The van der Waals surface area contributed by atoms with Crippen molar-refractivity contribution in [1.82, 2.24) is 4.31 Å². The summed E-state index contributed by atoms with van der Waals surface area (Å²) >= 11 is 1.53. The van der Waals surface area contributed by atoms with Crippen LogP contribution in [0.3, 0.4) is 0 Å². The Morgan fingerprint density at radius 1 is 1.47 bits per heavy atom. The van der Waals surface area contributed by atoms with Crippen molar-refractivity contribution in [3.05, 3.63) is 17.9 Å². The van der Waals surface area contributed by atoms with E-state index in [1.165, 1.54) is 36.3 Å². The molecular weight excluding hydrogens is 291 g/mol. The van der Waals surface area contributed by atoms with E-state index >= 15 is 0 Å². The van der Waals surface area contributed by atoms with Crippen molar-refractivity contribution in [2.24, 2.45) is 0 Å². The van der Waals surface area contributed by atoms with Crippen LogP contribution in [0.15, 0.2) is 17.0 Å². The van der Waals surface area contributed by atoms with Gasteiger partial charge in [0.1, 0.15) is 0 Å². The van der Waals surface area contributed by atoms with Gasteiger partial charge in [-0.25, -0.2) is 17.1 Å². The van der Waals surface area contributed by atoms with Gasteiger partial charge < -0.3 is 10.5 Å². The topological polar surface area (TPSA) is 72.6 Å². The van der Waals surface area contributed by atoms with Gasteiger partial charge in [-0.3, -0.25) is 0 Å². The molecule has 2 N–H and O–H groups in total. The normalized spacial score (nSPS) is 11.8. The summed E-state index contributed by atoms with van der Waals surface area (Å²) in [5, 5.41) is 0. The molecule has 8 heteroatoms. The lowest BCUT2D eigenvalue weighted by molar-refractivity contribution is 0.387. The van der Waals surface area contributed by atoms with Crippen LogP contribution < -0.4 is 10.5 Å². The summed E-state index contributed by atoms with van der Waals surface area (Å²) in [6, 6.07) is 2.12. The van der Waals surface area contributed by atoms with Crippen LogP contribution in [-0.4, -0.2) is 45.4 Å². The first kappa shape index (κ1) is 16.1. The molecule has 0 unspecified atom stereocenters. The van der Waals surface area contributed by atoms with Crippen LogP contribution in [0.4, 0.5) is 10.1 Å². The number of thioether (sulfide) groups is 1. The van der Waals surface area contributed by atoms with Crippen LogP contribution >= 0.6 is 11.8 Å². The van der Waals surface area contributed by atoms with E-state index in [2.05, 4.69) is 0 Å². The number of hydrogen-bond acceptors (Lipinski definition) is 5. The van der Waals surface area contributed by atoms with Crippen LogP contribution in [0.25, 0.3) is 0 Å². The van der Waals surface area contributed by atoms with E-state index in [-0.39, 0.29) is 16.3 Å². The van der Waals surface area contributed by atoms with Gasteiger partial charge in [-0.15, -0.1) is 0 Å². The minimum atomic E-state index is -3.74. The number of methoxy groups -OCH3 is 1. The number of benzene rings is 1. The molecule has 5 nitrogen and oxygen atoms in total. The largest absolute Gasteiger partial charge is 0.492 e. The lowest BCUT2D eigenvalue weighted by atomic mass is 10.3. The molecule has 0 radical (unpaired) electrons. The van der Waals surface area contributed by atoms with Gasteiger partial charge in [0.15, 0.2) is 11.6 Å². The van der Waals surface area contributed by atoms with Crippen LogP contribution in [-0.2, 0) is 10.0 Å². The number of nitrogen functional groups attached to an aromatic ring is 1. The Labute approximate surface area is 117 Å². The maximum atomic E-state index is 13.7. The van der Waals surface area contributed by atoms with Gasteiger partial charge in [0.05, 0.1) is 17.7 Å². The number of anilines is 1. The van der Waals surface area contributed by atoms with Crippen LogP contribution in [0.1, 0.15) is 0 Å². The van der Waals surface area contributed by atoms with Gasteiger partial charge >= 0.3 is 0 Å². The summed E-state index contributed by atoms with van der Waals surface area (Å²) in [5.41, 5.74) is 5.54. The molecule has 0 heterocycles. The molecule has 0 aliphatic carbocycles. The van der Waals surface area contributed by atoms with E-state index in [0.717, 1.165) is 6.07 Å². The quantitative estimate of drug-likeness (QED) is 0.804. The highest BCUT2D eigenvalue weighted by atomic mass is 32.2. The first-order valence-corrected chi connectivity index (χ1v) is 8.26. The standard InChI is InChI=1S/C11H17FN2O3S2/c1-14(4-5-18-3)19(15,16)8-6-9(12)11(17-2)10(13)7-8/h6-7H,4-5,13H2,1-3H3. The maximum Gasteiger partial charge on any atom is 0.243 e. The molecule has 0 aliphatic rings. The van der Waals surface area contributed by atoms with Crippen molar-refractivity contribution < 1.29 is 17.5 Å². The van der Waals surface area contributed by atoms with Crippen LogP contribution in [0, 0.1) is 5.82 Å². The molecular formula is C11H17FN2O3S2. The fourth-order valence-electron chi connectivity index (χ4n) is 1.47. The van der Waals surface area contributed by atoms with Gasteiger partial charge in [0.2, 0.25) is 10.0 Å². The van der Waals surface area contributed by atoms with Gasteiger partial charge in [-0.2, -0.15) is 11.8 Å². The van der Waals surface area contributed by atoms with Gasteiger partial charge in [-0.05, 0) is 18.4 Å². The van der Waals surface area contributed by atoms with Crippen molar-refractivity contribution >= 4 is 27.5 Å². The number of halogens is 1. The summed E-state index contributed by atoms with van der Waals surface area (Å²) in [5.74, 6) is -0.283. The van der Waals surface area contributed by atoms with Crippen molar-refractivity contribution in [1.29, 1.82) is 0 Å². The Morgan fingerprint density at radius 2 is 2.11 bits per heavy atom. The third-order valence-electron chi connectivity index (χ3n) is 2.57. The van der Waals surface area contributed by atoms with E-state index in [4.69, 9.17) is 10.5 Å². The summed E-state index contributed by atoms with van der Waals surface area (Å²) < 4.78 is 44.0. The van der Waals surface area contributed by atoms with E-state index in [0.29, 0.717) is 12.3 Å². The highest BCUT2D eigenvalue weighted by Crippen LogP contribution is 2.29. The third kappa shape index (κ3) is 3.52. The Morgan fingerprint density at radius 3 is 2.58 bits per heavy atom. The number of ether oxygens (including phenoxy) is 1. The number of nitrogens with zero attached hydrogens (tertiary/aromatic N) is 1. The summed E-state index contributed by atoms with van der Waals surface area (Å²) in [7, 11) is -1.02. The summed E-state index contributed by atoms with van der Waals surface area (Å²) in [4.78, 5) is -0.174. The molecule has 1 aromatic rings. The Kier molecular flexibility index (Phi) is 5.45. The minimum absolute atomic E-state index is 0.0423. The molecule has 0 aromatic heterocycles. The molecule has 0 saturated heterocycles. The second-order valence-electron chi connectivity index (χ2n) is 3.85. The SMILES string of the molecule is COc1c(N)cc(S(=O)(=O)N(C)CCSC)cc1F. The molecule has 1 aromatic carbocycles. The van der Waals surface area contributed by atoms with E-state index in [9.17, 15) is 12.8 Å². The highest BCUT2D eigenvalue weighted by Gasteiger charge is 2.23. The molecule has 0 atom stereocenters. The molecule has 108 valence electrons. The van der Waals surface area contributed by atoms with Crippen molar-refractivity contribution in [3.63, 3.8) is 0 Å². The third-order valence-corrected chi connectivity index (χ3v) is 4.99.